The summed E-state index contributed by atoms with van der Waals surface area (Å²) >= 11 is 0. The number of tetrazole rings is 1. The van der Waals surface area contributed by atoms with E-state index in [1.807, 2.05) is 13.0 Å². The van der Waals surface area contributed by atoms with Crippen LogP contribution in [0.5, 0.6) is 5.75 Å². The Morgan fingerprint density at radius 3 is 2.77 bits per heavy atom. The highest BCUT2D eigenvalue weighted by molar-refractivity contribution is 5.95. The Hall–Kier alpha value is -3.49. The fourth-order valence-corrected chi connectivity index (χ4v) is 2.32. The molecule has 0 saturated carbocycles. The number of benzene rings is 1. The third kappa shape index (κ3) is 3.77. The van der Waals surface area contributed by atoms with Gasteiger partial charge in [0, 0.05) is 30.6 Å². The Bertz CT molecular complexity index is 1010. The van der Waals surface area contributed by atoms with Gasteiger partial charge in [-0.05, 0) is 24.3 Å². The Morgan fingerprint density at radius 2 is 2.04 bits per heavy atom. The number of nitrogens with zero attached hydrogens (tertiary/aromatic N) is 5. The summed E-state index contributed by atoms with van der Waals surface area (Å²) in [6, 6.07) is 8.57. The molecule has 0 fully saturated rings. The van der Waals surface area contributed by atoms with Gasteiger partial charge < -0.3 is 14.6 Å². The number of amides is 1. The summed E-state index contributed by atoms with van der Waals surface area (Å²) in [6.45, 7) is 1.52. The van der Waals surface area contributed by atoms with Crippen LogP contribution >= 0.6 is 0 Å². The van der Waals surface area contributed by atoms with Crippen molar-refractivity contribution in [2.24, 2.45) is 14.1 Å². The predicted molar refractivity (Wildman–Crippen MR) is 94.8 cm³/mol. The van der Waals surface area contributed by atoms with Gasteiger partial charge in [-0.2, -0.15) is 4.80 Å². The number of nitrogens with one attached hydrogen (secondary N) is 1. The highest BCUT2D eigenvalue weighted by atomic mass is 16.5. The normalized spacial score (nSPS) is 10.6. The predicted octanol–water partition coefficient (Wildman–Crippen LogP) is 0.902. The summed E-state index contributed by atoms with van der Waals surface area (Å²) in [5.74, 6) is 0.123. The number of pyridine rings is 1. The van der Waals surface area contributed by atoms with E-state index < -0.39 is 5.91 Å². The van der Waals surface area contributed by atoms with E-state index in [0.29, 0.717) is 17.1 Å². The van der Waals surface area contributed by atoms with Crippen molar-refractivity contribution >= 4 is 11.6 Å². The van der Waals surface area contributed by atoms with Crippen LogP contribution in [-0.4, -0.2) is 37.3 Å². The molecule has 0 bridgehead atoms. The Kier molecular flexibility index (Phi) is 4.78. The number of anilines is 1. The lowest BCUT2D eigenvalue weighted by atomic mass is 10.1. The van der Waals surface area contributed by atoms with Gasteiger partial charge in [-0.1, -0.05) is 12.1 Å². The molecule has 0 unspecified atom stereocenters. The lowest BCUT2D eigenvalue weighted by molar-refractivity contribution is -0.118. The minimum atomic E-state index is -0.399. The van der Waals surface area contributed by atoms with Crippen molar-refractivity contribution in [2.75, 3.05) is 11.9 Å². The van der Waals surface area contributed by atoms with Gasteiger partial charge >= 0.3 is 0 Å². The summed E-state index contributed by atoms with van der Waals surface area (Å²) in [7, 11) is 3.46. The number of aryl methyl sites for hydroxylation is 3. The van der Waals surface area contributed by atoms with E-state index in [0.717, 1.165) is 5.69 Å². The van der Waals surface area contributed by atoms with Crippen molar-refractivity contribution < 1.29 is 9.53 Å². The first-order valence-electron chi connectivity index (χ1n) is 7.87. The fourth-order valence-electron chi connectivity index (χ4n) is 2.32. The van der Waals surface area contributed by atoms with Crippen LogP contribution in [0.25, 0.3) is 11.4 Å². The van der Waals surface area contributed by atoms with E-state index in [4.69, 9.17) is 4.74 Å². The first kappa shape index (κ1) is 17.3. The number of aromatic nitrogens is 5. The van der Waals surface area contributed by atoms with Crippen molar-refractivity contribution in [2.45, 2.75) is 6.92 Å². The molecule has 0 spiro atoms. The van der Waals surface area contributed by atoms with E-state index >= 15 is 0 Å². The summed E-state index contributed by atoms with van der Waals surface area (Å²) < 4.78 is 7.12. The minimum Gasteiger partial charge on any atom is -0.478 e. The Labute approximate surface area is 149 Å². The molecular weight excluding hydrogens is 336 g/mol. The molecule has 9 nitrogen and oxygen atoms in total. The molecule has 0 saturated heterocycles. The van der Waals surface area contributed by atoms with Crippen molar-refractivity contribution in [1.29, 1.82) is 0 Å². The number of ether oxygens (including phenoxy) is 1. The fraction of sp³-hybridized carbons (Fsp3) is 0.235. The second kappa shape index (κ2) is 7.18. The van der Waals surface area contributed by atoms with E-state index in [2.05, 4.69) is 20.7 Å². The molecule has 0 aliphatic heterocycles. The molecule has 9 heteroatoms. The quantitative estimate of drug-likeness (QED) is 0.730. The number of rotatable bonds is 5. The zero-order chi connectivity index (χ0) is 18.7. The maximum atomic E-state index is 12.2. The van der Waals surface area contributed by atoms with Gasteiger partial charge in [0.05, 0.1) is 12.7 Å². The van der Waals surface area contributed by atoms with E-state index in [9.17, 15) is 9.59 Å². The molecule has 2 aromatic heterocycles. The molecule has 3 rings (SSSR count). The van der Waals surface area contributed by atoms with Crippen LogP contribution < -0.4 is 15.5 Å². The second-order valence-corrected chi connectivity index (χ2v) is 5.74. The monoisotopic (exact) mass is 354 g/mol. The van der Waals surface area contributed by atoms with Crippen LogP contribution in [0.3, 0.4) is 0 Å². The summed E-state index contributed by atoms with van der Waals surface area (Å²) in [4.78, 5) is 25.5. The van der Waals surface area contributed by atoms with Crippen LogP contribution in [0.1, 0.15) is 5.69 Å². The standard InChI is InChI=1S/C17H18N6O3/c1-11-8-14(24)15(9-22(11)2)26-10-16(25)18-13-7-5-4-6-12(13)17-19-21-23(3)20-17/h4-9H,10H2,1-3H3,(H,18,25). The molecule has 3 aromatic rings. The molecular formula is C17H18N6O3. The van der Waals surface area contributed by atoms with Crippen molar-refractivity contribution in [3.05, 3.63) is 52.4 Å². The lowest BCUT2D eigenvalue weighted by Gasteiger charge is -2.11. The number of hydrogen-bond donors (Lipinski definition) is 1. The molecule has 26 heavy (non-hydrogen) atoms. The zero-order valence-electron chi connectivity index (χ0n) is 14.6. The van der Waals surface area contributed by atoms with Crippen molar-refractivity contribution in [1.82, 2.24) is 24.8 Å². The first-order valence-corrected chi connectivity index (χ1v) is 7.87. The molecule has 1 N–H and O–H groups in total. The highest BCUT2D eigenvalue weighted by Crippen LogP contribution is 2.24. The van der Waals surface area contributed by atoms with Crippen molar-refractivity contribution in [3.8, 4) is 17.1 Å². The van der Waals surface area contributed by atoms with E-state index in [-0.39, 0.29) is 17.8 Å². The van der Waals surface area contributed by atoms with Gasteiger partial charge in [0.2, 0.25) is 11.3 Å². The van der Waals surface area contributed by atoms with E-state index in [1.165, 1.54) is 10.9 Å². The lowest BCUT2D eigenvalue weighted by Crippen LogP contribution is -2.23. The average Bonchev–Trinajstić information content (AvgIpc) is 3.03. The number of carbonyl (C=O) groups is 1. The molecule has 0 aliphatic rings. The smallest absolute Gasteiger partial charge is 0.262 e. The van der Waals surface area contributed by atoms with Crippen LogP contribution in [-0.2, 0) is 18.9 Å². The topological polar surface area (TPSA) is 104 Å². The number of carbonyl (C=O) groups excluding carboxylic acids is 1. The van der Waals surface area contributed by atoms with Gasteiger partial charge in [0.25, 0.3) is 5.91 Å². The molecule has 0 atom stereocenters. The van der Waals surface area contributed by atoms with E-state index in [1.54, 1.807) is 43.1 Å². The van der Waals surface area contributed by atoms with Gasteiger partial charge in [-0.25, -0.2) is 0 Å². The summed E-state index contributed by atoms with van der Waals surface area (Å²) in [5, 5.41) is 14.6. The SMILES string of the molecule is Cc1cc(=O)c(OCC(=O)Nc2ccccc2-c2nnn(C)n2)cn1C. The first-order chi connectivity index (χ1) is 12.4. The number of para-hydroxylation sites is 1. The molecule has 0 aliphatic carbocycles. The highest BCUT2D eigenvalue weighted by Gasteiger charge is 2.13. The van der Waals surface area contributed by atoms with Gasteiger partial charge in [0.15, 0.2) is 12.4 Å². The van der Waals surface area contributed by atoms with Gasteiger partial charge in [0.1, 0.15) is 0 Å². The van der Waals surface area contributed by atoms with Gasteiger partial charge in [-0.3, -0.25) is 9.59 Å². The second-order valence-electron chi connectivity index (χ2n) is 5.74. The summed E-state index contributed by atoms with van der Waals surface area (Å²) in [6.07, 6.45) is 1.56. The largest absolute Gasteiger partial charge is 0.478 e. The van der Waals surface area contributed by atoms with Crippen LogP contribution in [0.2, 0.25) is 0 Å². The van der Waals surface area contributed by atoms with Crippen molar-refractivity contribution in [3.63, 3.8) is 0 Å². The molecule has 0 radical (unpaired) electrons. The maximum absolute atomic E-state index is 12.2. The molecule has 1 aromatic carbocycles. The summed E-state index contributed by atoms with van der Waals surface area (Å²) in [5.41, 5.74) is 1.71. The van der Waals surface area contributed by atoms with Gasteiger partial charge in [-0.15, -0.1) is 10.2 Å². The zero-order valence-corrected chi connectivity index (χ0v) is 14.6. The minimum absolute atomic E-state index is 0.122. The van der Waals surface area contributed by atoms with Crippen LogP contribution in [0.4, 0.5) is 5.69 Å². The van der Waals surface area contributed by atoms with Crippen LogP contribution in [0.15, 0.2) is 41.3 Å². The molecule has 1 amide bonds. The maximum Gasteiger partial charge on any atom is 0.262 e. The Balaban J connectivity index is 1.72. The third-order valence-corrected chi connectivity index (χ3v) is 3.76. The third-order valence-electron chi connectivity index (χ3n) is 3.76. The molecule has 2 heterocycles. The number of hydrogen-bond acceptors (Lipinski definition) is 6. The average molecular weight is 354 g/mol. The molecule has 134 valence electrons. The van der Waals surface area contributed by atoms with Crippen LogP contribution in [0, 0.1) is 6.92 Å². The Morgan fingerprint density at radius 1 is 1.27 bits per heavy atom.